The third-order valence-corrected chi connectivity index (χ3v) is 4.25. The first-order chi connectivity index (χ1) is 10.0. The lowest BCUT2D eigenvalue weighted by atomic mass is 9.93. The molecule has 0 amide bonds. The second-order valence-electron chi connectivity index (χ2n) is 6.16. The first-order valence-corrected chi connectivity index (χ1v) is 7.55. The Morgan fingerprint density at radius 1 is 1.29 bits per heavy atom. The molecule has 1 atom stereocenters. The molecule has 1 unspecified atom stereocenters. The summed E-state index contributed by atoms with van der Waals surface area (Å²) < 4.78 is 27.3. The fourth-order valence-electron chi connectivity index (χ4n) is 3.21. The molecule has 3 nitrogen and oxygen atoms in total. The summed E-state index contributed by atoms with van der Waals surface area (Å²) in [7, 11) is 4.16. The highest BCUT2D eigenvalue weighted by Crippen LogP contribution is 2.28. The molecule has 5 heteroatoms. The molecule has 0 aromatic heterocycles. The molecular formula is C16H25F2N3. The molecule has 1 saturated heterocycles. The summed E-state index contributed by atoms with van der Waals surface area (Å²) in [6.45, 7) is 3.15. The molecule has 1 aromatic carbocycles. The number of piperidine rings is 1. The van der Waals surface area contributed by atoms with Gasteiger partial charge in [0.25, 0.3) is 0 Å². The van der Waals surface area contributed by atoms with Crippen molar-refractivity contribution in [2.45, 2.75) is 18.9 Å². The molecule has 0 saturated carbocycles. The van der Waals surface area contributed by atoms with Crippen molar-refractivity contribution in [3.63, 3.8) is 0 Å². The van der Waals surface area contributed by atoms with Crippen LogP contribution in [-0.2, 0) is 0 Å². The van der Waals surface area contributed by atoms with Gasteiger partial charge in [-0.25, -0.2) is 8.78 Å². The van der Waals surface area contributed by atoms with E-state index in [-0.39, 0.29) is 11.9 Å². The Labute approximate surface area is 125 Å². The highest BCUT2D eigenvalue weighted by molar-refractivity contribution is 5.23. The van der Waals surface area contributed by atoms with Gasteiger partial charge in [0.2, 0.25) is 0 Å². The minimum atomic E-state index is -0.410. The number of halogens is 2. The van der Waals surface area contributed by atoms with E-state index in [1.807, 2.05) is 0 Å². The van der Waals surface area contributed by atoms with Gasteiger partial charge < -0.3 is 10.6 Å². The van der Waals surface area contributed by atoms with Crippen LogP contribution in [0.5, 0.6) is 0 Å². The van der Waals surface area contributed by atoms with Crippen LogP contribution in [-0.4, -0.2) is 50.1 Å². The van der Waals surface area contributed by atoms with Gasteiger partial charge in [0, 0.05) is 24.7 Å². The van der Waals surface area contributed by atoms with Crippen molar-refractivity contribution in [2.75, 3.05) is 40.3 Å². The Hall–Kier alpha value is -1.04. The number of likely N-dealkylation sites (tertiary alicyclic amines) is 1. The predicted molar refractivity (Wildman–Crippen MR) is 81.0 cm³/mol. The van der Waals surface area contributed by atoms with Crippen molar-refractivity contribution >= 4 is 0 Å². The van der Waals surface area contributed by atoms with E-state index in [9.17, 15) is 8.78 Å². The summed E-state index contributed by atoms with van der Waals surface area (Å²) in [5.74, 6) is -0.110. The number of nitrogens with two attached hydrogens (primary N) is 1. The molecule has 1 heterocycles. The molecule has 1 aliphatic rings. The molecule has 0 aliphatic carbocycles. The largest absolute Gasteiger partial charge is 0.329 e. The average Bonchev–Trinajstić information content (AvgIpc) is 2.44. The molecule has 0 spiro atoms. The molecule has 0 radical (unpaired) electrons. The Morgan fingerprint density at radius 3 is 2.52 bits per heavy atom. The standard InChI is InChI=1S/C16H25F2N3/c1-20(2)11-12-5-7-21(8-6-12)16(10-19)14-9-13(17)3-4-15(14)18/h3-4,9,12,16H,5-8,10-11,19H2,1-2H3. The normalized spacial score (nSPS) is 19.1. The number of benzene rings is 1. The smallest absolute Gasteiger partial charge is 0.128 e. The van der Waals surface area contributed by atoms with E-state index < -0.39 is 5.82 Å². The molecule has 118 valence electrons. The van der Waals surface area contributed by atoms with E-state index in [4.69, 9.17) is 5.73 Å². The van der Waals surface area contributed by atoms with Crippen molar-refractivity contribution in [3.8, 4) is 0 Å². The minimum absolute atomic E-state index is 0.235. The van der Waals surface area contributed by atoms with E-state index >= 15 is 0 Å². The molecule has 21 heavy (non-hydrogen) atoms. The zero-order chi connectivity index (χ0) is 15.4. The fourth-order valence-corrected chi connectivity index (χ4v) is 3.21. The van der Waals surface area contributed by atoms with Gasteiger partial charge in [0.1, 0.15) is 11.6 Å². The van der Waals surface area contributed by atoms with Gasteiger partial charge in [-0.3, -0.25) is 4.90 Å². The molecule has 1 aromatic rings. The van der Waals surface area contributed by atoms with Crippen LogP contribution in [0.1, 0.15) is 24.4 Å². The van der Waals surface area contributed by atoms with E-state index in [0.29, 0.717) is 18.0 Å². The minimum Gasteiger partial charge on any atom is -0.329 e. The molecular weight excluding hydrogens is 272 g/mol. The summed E-state index contributed by atoms with van der Waals surface area (Å²) in [5, 5.41) is 0. The predicted octanol–water partition coefficient (Wildman–Crippen LogP) is 2.24. The molecule has 1 aliphatic heterocycles. The zero-order valence-electron chi connectivity index (χ0n) is 12.9. The van der Waals surface area contributed by atoms with E-state index in [2.05, 4.69) is 23.9 Å². The second-order valence-corrected chi connectivity index (χ2v) is 6.16. The van der Waals surface area contributed by atoms with Crippen LogP contribution >= 0.6 is 0 Å². The Balaban J connectivity index is 2.04. The Morgan fingerprint density at radius 2 is 1.95 bits per heavy atom. The Bertz CT molecular complexity index is 457. The summed E-state index contributed by atoms with van der Waals surface area (Å²) in [4.78, 5) is 4.39. The maximum absolute atomic E-state index is 14.0. The van der Waals surface area contributed by atoms with Crippen molar-refractivity contribution in [3.05, 3.63) is 35.4 Å². The van der Waals surface area contributed by atoms with Gasteiger partial charge in [0.05, 0.1) is 0 Å². The van der Waals surface area contributed by atoms with E-state index in [1.165, 1.54) is 12.1 Å². The maximum Gasteiger partial charge on any atom is 0.128 e. The molecule has 2 N–H and O–H groups in total. The van der Waals surface area contributed by atoms with Crippen LogP contribution in [0.4, 0.5) is 8.78 Å². The van der Waals surface area contributed by atoms with Crippen molar-refractivity contribution in [2.24, 2.45) is 11.7 Å². The Kier molecular flexibility index (Phi) is 5.67. The number of nitrogens with zero attached hydrogens (tertiary/aromatic N) is 2. The highest BCUT2D eigenvalue weighted by Gasteiger charge is 2.27. The van der Waals surface area contributed by atoms with Gasteiger partial charge in [-0.1, -0.05) is 0 Å². The first kappa shape index (κ1) is 16.3. The lowest BCUT2D eigenvalue weighted by molar-refractivity contribution is 0.120. The van der Waals surface area contributed by atoms with Gasteiger partial charge in [0.15, 0.2) is 0 Å². The van der Waals surface area contributed by atoms with Gasteiger partial charge >= 0.3 is 0 Å². The fraction of sp³-hybridized carbons (Fsp3) is 0.625. The maximum atomic E-state index is 14.0. The summed E-state index contributed by atoms with van der Waals surface area (Å²) in [6.07, 6.45) is 2.15. The zero-order valence-corrected chi connectivity index (χ0v) is 12.9. The second kappa shape index (κ2) is 7.29. The van der Waals surface area contributed by atoms with E-state index in [1.54, 1.807) is 0 Å². The van der Waals surface area contributed by atoms with Crippen LogP contribution in [0.2, 0.25) is 0 Å². The van der Waals surface area contributed by atoms with Crippen molar-refractivity contribution in [1.29, 1.82) is 0 Å². The quantitative estimate of drug-likeness (QED) is 0.904. The lowest BCUT2D eigenvalue weighted by Crippen LogP contribution is -2.42. The summed E-state index contributed by atoms with van der Waals surface area (Å²) in [6, 6.07) is 3.38. The lowest BCUT2D eigenvalue weighted by Gasteiger charge is -2.38. The first-order valence-electron chi connectivity index (χ1n) is 7.55. The van der Waals surface area contributed by atoms with Crippen molar-refractivity contribution < 1.29 is 8.78 Å². The highest BCUT2D eigenvalue weighted by atomic mass is 19.1. The average molecular weight is 297 g/mol. The summed E-state index contributed by atoms with van der Waals surface area (Å²) >= 11 is 0. The van der Waals surface area contributed by atoms with E-state index in [0.717, 1.165) is 38.5 Å². The third kappa shape index (κ3) is 4.22. The molecule has 1 fully saturated rings. The van der Waals surface area contributed by atoms with Crippen LogP contribution in [0.15, 0.2) is 18.2 Å². The van der Waals surface area contributed by atoms with Crippen LogP contribution < -0.4 is 5.73 Å². The van der Waals surface area contributed by atoms with Crippen LogP contribution in [0.25, 0.3) is 0 Å². The van der Waals surface area contributed by atoms with Gasteiger partial charge in [-0.05, 0) is 64.1 Å². The molecule has 2 rings (SSSR count). The third-order valence-electron chi connectivity index (χ3n) is 4.25. The number of hydrogen-bond donors (Lipinski definition) is 1. The van der Waals surface area contributed by atoms with Crippen LogP contribution in [0.3, 0.4) is 0 Å². The topological polar surface area (TPSA) is 32.5 Å². The summed E-state index contributed by atoms with van der Waals surface area (Å²) in [5.41, 5.74) is 6.21. The molecule has 0 bridgehead atoms. The van der Waals surface area contributed by atoms with Crippen molar-refractivity contribution in [1.82, 2.24) is 9.80 Å². The van der Waals surface area contributed by atoms with Crippen LogP contribution in [0, 0.1) is 17.6 Å². The van der Waals surface area contributed by atoms with Gasteiger partial charge in [-0.2, -0.15) is 0 Å². The number of hydrogen-bond acceptors (Lipinski definition) is 3. The number of rotatable bonds is 5. The SMILES string of the molecule is CN(C)CC1CCN(C(CN)c2cc(F)ccc2F)CC1. The van der Waals surface area contributed by atoms with Gasteiger partial charge in [-0.15, -0.1) is 0 Å². The monoisotopic (exact) mass is 297 g/mol.